The predicted octanol–water partition coefficient (Wildman–Crippen LogP) is 2.77. The Morgan fingerprint density at radius 3 is 2.15 bits per heavy atom. The molecule has 0 radical (unpaired) electrons. The summed E-state index contributed by atoms with van der Waals surface area (Å²) in [6, 6.07) is 12.3. The van der Waals surface area contributed by atoms with E-state index in [2.05, 4.69) is 36.9 Å². The third-order valence-electron chi connectivity index (χ3n) is 15.6. The first-order chi connectivity index (χ1) is 40.3. The molecule has 1 fully saturated rings. The summed E-state index contributed by atoms with van der Waals surface area (Å²) in [6.45, 7) is 2.22. The highest BCUT2D eigenvalue weighted by Gasteiger charge is 2.48. The molecule has 4 bridgehead atoms. The van der Waals surface area contributed by atoms with Gasteiger partial charge in [-0.1, -0.05) is 42.8 Å². The van der Waals surface area contributed by atoms with Crippen LogP contribution >= 0.6 is 0 Å². The molecule has 0 unspecified atom stereocenters. The van der Waals surface area contributed by atoms with E-state index >= 15 is 0 Å². The zero-order chi connectivity index (χ0) is 60.3. The number of allylic oxidation sites excluding steroid dienone is 2. The van der Waals surface area contributed by atoms with Gasteiger partial charge in [-0.2, -0.15) is 0 Å². The molecule has 23 heteroatoms. The molecule has 8 rings (SSSR count). The maximum atomic E-state index is 15.0. The van der Waals surface area contributed by atoms with E-state index in [1.54, 1.807) is 67.7 Å². The Kier molecular flexibility index (Phi) is 22.5. The molecule has 1 saturated heterocycles. The fraction of sp³-hybridized carbons (Fsp3) is 0.475. The summed E-state index contributed by atoms with van der Waals surface area (Å²) in [5, 5.41) is 17.0. The number of aromatic nitrogens is 1. The van der Waals surface area contributed by atoms with Crippen LogP contribution in [-0.4, -0.2) is 161 Å². The molecule has 5 atom stereocenters. The summed E-state index contributed by atoms with van der Waals surface area (Å²) in [5.41, 5.74) is 6.97. The van der Waals surface area contributed by atoms with E-state index in [4.69, 9.17) is 10.5 Å². The van der Waals surface area contributed by atoms with Crippen molar-refractivity contribution in [2.45, 2.75) is 133 Å². The number of amides is 10. The summed E-state index contributed by atoms with van der Waals surface area (Å²) in [6.07, 6.45) is 10.4. The van der Waals surface area contributed by atoms with Crippen LogP contribution in [0.5, 0.6) is 5.75 Å². The standard InChI is InChI=1S/C61H78FN11O11/c1-39-56(79)69-49(32-41-18-23-45(84-3)24-19-41)59(82)73-30-14-26-61(73,2)60(83)70-48(55(63)78)31-40-16-20-42(21-17-40)57(80)64-27-11-9-10-15-51(74)66-36-54(77)71-28-12-7-5-4-6-8-13-29-72(38-52(75)67-39)58(81)50(68-53(76)37-71)33-43-35-65-47-25-22-44(62)34-46(43)47/h4-5,16-25,34-35,39,48-50,65H,6-15,26-33,36-38H2,1-3H3,(H2,63,78)(H,64,80)(H,66,74)(H,67,75)(H,68,76)(H,69,79)(H,70,83)/b5-4-/t39-,48-,49-,50-,61-/m0/s1. The highest BCUT2D eigenvalue weighted by atomic mass is 19.1. The number of fused-ring (bicyclic) bond motifs is 23. The minimum absolute atomic E-state index is 0.0270. The number of H-pyrrole nitrogens is 1. The number of aromatic amines is 1. The molecule has 1 aromatic heterocycles. The average Bonchev–Trinajstić information content (AvgIpc) is 3.63. The van der Waals surface area contributed by atoms with E-state index in [1.807, 2.05) is 12.2 Å². The number of nitrogens with zero attached hydrogens (tertiary/aromatic N) is 3. The number of hydrogen-bond acceptors (Lipinski definition) is 11. The van der Waals surface area contributed by atoms with E-state index in [9.17, 15) is 52.3 Å². The Morgan fingerprint density at radius 1 is 0.714 bits per heavy atom. The molecule has 84 heavy (non-hydrogen) atoms. The van der Waals surface area contributed by atoms with Crippen LogP contribution in [0, 0.1) is 5.82 Å². The number of ether oxygens (including phenoxy) is 1. The van der Waals surface area contributed by atoms with Crippen molar-refractivity contribution in [3.63, 3.8) is 0 Å². The third kappa shape index (κ3) is 17.5. The number of benzene rings is 3. The van der Waals surface area contributed by atoms with Crippen LogP contribution in [0.1, 0.15) is 112 Å². The highest BCUT2D eigenvalue weighted by molar-refractivity contribution is 5.99. The molecule has 3 aromatic carbocycles. The number of carbonyl (C=O) groups excluding carboxylic acids is 10. The molecule has 0 aliphatic carbocycles. The van der Waals surface area contributed by atoms with Gasteiger partial charge < -0.3 is 62.1 Å². The molecule has 0 saturated carbocycles. The van der Waals surface area contributed by atoms with Crippen molar-refractivity contribution in [2.75, 3.05) is 52.9 Å². The number of halogens is 1. The second-order valence-electron chi connectivity index (χ2n) is 22.0. The zero-order valence-electron chi connectivity index (χ0n) is 48.0. The van der Waals surface area contributed by atoms with Crippen LogP contribution in [0.3, 0.4) is 0 Å². The smallest absolute Gasteiger partial charge is 0.251 e. The summed E-state index contributed by atoms with van der Waals surface area (Å²) in [5.74, 6) is -6.19. The topological polar surface area (TPSA) is 304 Å². The molecule has 0 spiro atoms. The number of hydrogen-bond donors (Lipinski definition) is 8. The fourth-order valence-electron chi connectivity index (χ4n) is 10.7. The summed E-state index contributed by atoms with van der Waals surface area (Å²) in [7, 11) is 1.51. The van der Waals surface area contributed by atoms with Crippen molar-refractivity contribution in [1.29, 1.82) is 0 Å². The van der Waals surface area contributed by atoms with E-state index in [1.165, 1.54) is 40.9 Å². The number of primary amides is 1. The highest BCUT2D eigenvalue weighted by Crippen LogP contribution is 2.31. The quantitative estimate of drug-likeness (QED) is 0.130. The van der Waals surface area contributed by atoms with Gasteiger partial charge in [-0.25, -0.2) is 4.39 Å². The molecule has 4 aromatic rings. The molecular formula is C61H78FN11O11. The lowest BCUT2D eigenvalue weighted by atomic mass is 9.94. The lowest BCUT2D eigenvalue weighted by molar-refractivity contribution is -0.147. The van der Waals surface area contributed by atoms with Gasteiger partial charge in [0, 0.05) is 74.5 Å². The average molecular weight is 1160 g/mol. The molecule has 4 aliphatic rings. The van der Waals surface area contributed by atoms with Crippen LogP contribution in [0.4, 0.5) is 4.39 Å². The maximum Gasteiger partial charge on any atom is 0.251 e. The molecule has 450 valence electrons. The van der Waals surface area contributed by atoms with Gasteiger partial charge in [0.1, 0.15) is 41.3 Å². The van der Waals surface area contributed by atoms with Gasteiger partial charge in [0.25, 0.3) is 5.91 Å². The fourth-order valence-corrected chi connectivity index (χ4v) is 10.7. The lowest BCUT2D eigenvalue weighted by Crippen LogP contribution is -2.63. The lowest BCUT2D eigenvalue weighted by Gasteiger charge is -2.37. The van der Waals surface area contributed by atoms with Crippen LogP contribution in [0.2, 0.25) is 0 Å². The summed E-state index contributed by atoms with van der Waals surface area (Å²) in [4.78, 5) is 147. The van der Waals surface area contributed by atoms with Gasteiger partial charge in [-0.15, -0.1) is 0 Å². The molecular weight excluding hydrogens is 1080 g/mol. The van der Waals surface area contributed by atoms with Gasteiger partial charge in [-0.3, -0.25) is 47.9 Å². The second-order valence-corrected chi connectivity index (χ2v) is 22.0. The second kappa shape index (κ2) is 30.1. The third-order valence-corrected chi connectivity index (χ3v) is 15.6. The Balaban J connectivity index is 1.18. The first kappa shape index (κ1) is 63.0. The van der Waals surface area contributed by atoms with Gasteiger partial charge in [0.05, 0.1) is 26.7 Å². The normalized spacial score (nSPS) is 23.9. The summed E-state index contributed by atoms with van der Waals surface area (Å²) >= 11 is 0. The molecule has 10 amide bonds. The minimum Gasteiger partial charge on any atom is -0.497 e. The van der Waals surface area contributed by atoms with Crippen molar-refractivity contribution in [2.24, 2.45) is 5.73 Å². The van der Waals surface area contributed by atoms with Crippen LogP contribution in [0.25, 0.3) is 10.9 Å². The van der Waals surface area contributed by atoms with E-state index in [0.29, 0.717) is 103 Å². The van der Waals surface area contributed by atoms with Gasteiger partial charge in [-0.05, 0) is 131 Å². The first-order valence-electron chi connectivity index (χ1n) is 28.9. The number of methoxy groups -OCH3 is 1. The molecule has 4 aliphatic heterocycles. The number of nitrogens with two attached hydrogens (primary N) is 1. The number of carbonyl (C=O) groups is 10. The predicted molar refractivity (Wildman–Crippen MR) is 310 cm³/mol. The van der Waals surface area contributed by atoms with Gasteiger partial charge >= 0.3 is 0 Å². The van der Waals surface area contributed by atoms with E-state index in [0.717, 1.165) is 0 Å². The van der Waals surface area contributed by atoms with Crippen molar-refractivity contribution >= 4 is 70.0 Å². The Bertz CT molecular complexity index is 3060. The van der Waals surface area contributed by atoms with Crippen LogP contribution in [-0.2, 0) is 62.4 Å². The van der Waals surface area contributed by atoms with Crippen LogP contribution in [0.15, 0.2) is 85.1 Å². The van der Waals surface area contributed by atoms with Gasteiger partial charge in [0.15, 0.2) is 0 Å². The van der Waals surface area contributed by atoms with Crippen molar-refractivity contribution in [1.82, 2.24) is 51.6 Å². The minimum atomic E-state index is -1.50. The monoisotopic (exact) mass is 1160 g/mol. The Hall–Kier alpha value is -8.63. The maximum absolute atomic E-state index is 15.0. The largest absolute Gasteiger partial charge is 0.497 e. The molecule has 9 N–H and O–H groups in total. The van der Waals surface area contributed by atoms with Crippen molar-refractivity contribution in [3.8, 4) is 5.75 Å². The first-order valence-corrected chi connectivity index (χ1v) is 28.9. The van der Waals surface area contributed by atoms with E-state index < -0.39 is 102 Å². The van der Waals surface area contributed by atoms with Crippen LogP contribution < -0.4 is 42.4 Å². The Labute approximate surface area is 488 Å². The van der Waals surface area contributed by atoms with Crippen molar-refractivity contribution < 1.29 is 57.1 Å². The Morgan fingerprint density at radius 2 is 1.42 bits per heavy atom. The van der Waals surface area contributed by atoms with Crippen molar-refractivity contribution in [3.05, 3.63) is 113 Å². The number of rotatable bonds is 6. The summed E-state index contributed by atoms with van der Waals surface area (Å²) < 4.78 is 20.0. The SMILES string of the molecule is COc1ccc(C[C@@H]2NC(=O)[C@H](C)NC(=O)CN3CCCC/C=C\CCCN(CC(=O)N[C@@H](Cc4c[nH]c5ccc(F)cc45)C3=O)C(=O)CNC(=O)CCCCCNC(=O)c3ccc(cc3)C[C@@H](C(N)=O)NC(=O)[C@]3(C)CCCN3C2=O)cc1. The zero-order valence-corrected chi connectivity index (χ0v) is 48.0. The van der Waals surface area contributed by atoms with E-state index in [-0.39, 0.29) is 63.6 Å². The van der Waals surface area contributed by atoms with Gasteiger partial charge in [0.2, 0.25) is 53.2 Å². The molecule has 22 nitrogen and oxygen atoms in total. The molecule has 5 heterocycles. The number of nitrogens with one attached hydrogen (secondary N) is 7.